The molecule has 0 atom stereocenters. The number of hydrogen-bond acceptors (Lipinski definition) is 7. The molecule has 32 heavy (non-hydrogen) atoms. The number of fused-ring (bicyclic) bond motifs is 1. The molecule has 3 amide bonds. The lowest BCUT2D eigenvalue weighted by atomic mass is 10.1. The van der Waals surface area contributed by atoms with Crippen LogP contribution in [0.25, 0.3) is 0 Å². The van der Waals surface area contributed by atoms with Crippen molar-refractivity contribution in [1.82, 2.24) is 9.80 Å². The quantitative estimate of drug-likeness (QED) is 0.435. The smallest absolute Gasteiger partial charge is 0.313 e. The molecule has 1 N–H and O–H groups in total. The third-order valence-electron chi connectivity index (χ3n) is 5.35. The van der Waals surface area contributed by atoms with Gasteiger partial charge in [0.25, 0.3) is 11.6 Å². The molecule has 2 aliphatic rings. The number of aryl methyl sites for hydroxylation is 1. The van der Waals surface area contributed by atoms with Gasteiger partial charge >= 0.3 is 11.8 Å². The molecule has 2 aromatic rings. The van der Waals surface area contributed by atoms with E-state index in [-0.39, 0.29) is 50.3 Å². The molecule has 0 aliphatic carbocycles. The van der Waals surface area contributed by atoms with E-state index in [1.165, 1.54) is 23.1 Å². The number of nitro benzene ring substituents is 1. The maximum absolute atomic E-state index is 12.8. The van der Waals surface area contributed by atoms with Crippen LogP contribution in [0.3, 0.4) is 0 Å². The number of ether oxygens (including phenoxy) is 2. The van der Waals surface area contributed by atoms with Crippen LogP contribution in [-0.2, 0) is 9.59 Å². The third kappa shape index (κ3) is 4.17. The predicted octanol–water partition coefficient (Wildman–Crippen LogP) is 1.56. The lowest BCUT2D eigenvalue weighted by molar-refractivity contribution is -0.384. The second-order valence-corrected chi connectivity index (χ2v) is 7.36. The average molecular weight is 440 g/mol. The van der Waals surface area contributed by atoms with Gasteiger partial charge < -0.3 is 24.6 Å². The van der Waals surface area contributed by atoms with Gasteiger partial charge in [-0.2, -0.15) is 0 Å². The number of carbonyl (C=O) groups excluding carboxylic acids is 3. The van der Waals surface area contributed by atoms with Crippen molar-refractivity contribution in [3.63, 3.8) is 0 Å². The number of nitrogens with zero attached hydrogens (tertiary/aromatic N) is 3. The molecular weight excluding hydrogens is 420 g/mol. The first-order valence-corrected chi connectivity index (χ1v) is 9.87. The number of rotatable bonds is 3. The first kappa shape index (κ1) is 21.1. The fourth-order valence-corrected chi connectivity index (χ4v) is 3.50. The Morgan fingerprint density at radius 2 is 1.66 bits per heavy atom. The Morgan fingerprint density at radius 1 is 0.969 bits per heavy atom. The van der Waals surface area contributed by atoms with Crippen molar-refractivity contribution in [3.05, 3.63) is 57.6 Å². The van der Waals surface area contributed by atoms with Crippen molar-refractivity contribution in [2.45, 2.75) is 6.92 Å². The number of non-ortho nitro benzene ring substituents is 1. The molecule has 4 rings (SSSR count). The van der Waals surface area contributed by atoms with Gasteiger partial charge in [-0.3, -0.25) is 24.5 Å². The van der Waals surface area contributed by atoms with Crippen molar-refractivity contribution in [3.8, 4) is 11.5 Å². The van der Waals surface area contributed by atoms with E-state index < -0.39 is 16.7 Å². The first-order chi connectivity index (χ1) is 15.3. The maximum Gasteiger partial charge on any atom is 0.313 e. The summed E-state index contributed by atoms with van der Waals surface area (Å²) in [6.07, 6.45) is 0. The second-order valence-electron chi connectivity index (χ2n) is 7.36. The molecule has 1 saturated heterocycles. The minimum absolute atomic E-state index is 0.117. The number of piperazine rings is 1. The summed E-state index contributed by atoms with van der Waals surface area (Å²) in [7, 11) is 0. The Balaban J connectivity index is 1.35. The van der Waals surface area contributed by atoms with Crippen LogP contribution < -0.4 is 14.8 Å². The van der Waals surface area contributed by atoms with E-state index in [4.69, 9.17) is 9.47 Å². The highest BCUT2D eigenvalue weighted by Crippen LogP contribution is 2.33. The van der Waals surface area contributed by atoms with Gasteiger partial charge in [0, 0.05) is 43.9 Å². The van der Waals surface area contributed by atoms with Gasteiger partial charge in [-0.05, 0) is 30.7 Å². The summed E-state index contributed by atoms with van der Waals surface area (Å²) < 4.78 is 10.5. The van der Waals surface area contributed by atoms with Gasteiger partial charge in [0.05, 0.1) is 10.6 Å². The number of carbonyl (C=O) groups is 3. The van der Waals surface area contributed by atoms with Gasteiger partial charge in [-0.15, -0.1) is 0 Å². The van der Waals surface area contributed by atoms with E-state index in [0.29, 0.717) is 22.6 Å². The normalized spacial score (nSPS) is 14.8. The highest BCUT2D eigenvalue weighted by atomic mass is 16.7. The van der Waals surface area contributed by atoms with Crippen LogP contribution in [0, 0.1) is 17.0 Å². The monoisotopic (exact) mass is 440 g/mol. The van der Waals surface area contributed by atoms with Crippen molar-refractivity contribution in [2.24, 2.45) is 0 Å². The molecule has 0 unspecified atom stereocenters. The van der Waals surface area contributed by atoms with E-state index >= 15 is 0 Å². The summed E-state index contributed by atoms with van der Waals surface area (Å²) >= 11 is 0. The third-order valence-corrected chi connectivity index (χ3v) is 5.35. The van der Waals surface area contributed by atoms with E-state index in [1.54, 1.807) is 30.0 Å². The summed E-state index contributed by atoms with van der Waals surface area (Å²) in [5.41, 5.74) is 1.06. The summed E-state index contributed by atoms with van der Waals surface area (Å²) in [5.74, 6) is -0.748. The SMILES string of the molecule is Cc1ccc([N+](=O)[O-])cc1NC(=O)C(=O)N1CCN(C(=O)c2ccc3c(c2)OCO3)CC1. The predicted molar refractivity (Wildman–Crippen MR) is 112 cm³/mol. The zero-order valence-electron chi connectivity index (χ0n) is 17.2. The van der Waals surface area contributed by atoms with Crippen LogP contribution in [0.1, 0.15) is 15.9 Å². The molecule has 166 valence electrons. The Labute approximate surface area is 182 Å². The van der Waals surface area contributed by atoms with Crippen molar-refractivity contribution >= 4 is 29.1 Å². The fourth-order valence-electron chi connectivity index (χ4n) is 3.50. The van der Waals surface area contributed by atoms with Crippen LogP contribution in [0.4, 0.5) is 11.4 Å². The van der Waals surface area contributed by atoms with E-state index in [0.717, 1.165) is 0 Å². The van der Waals surface area contributed by atoms with Gasteiger partial charge in [0.2, 0.25) is 6.79 Å². The largest absolute Gasteiger partial charge is 0.454 e. The second kappa shape index (κ2) is 8.53. The van der Waals surface area contributed by atoms with E-state index in [9.17, 15) is 24.5 Å². The number of amides is 3. The van der Waals surface area contributed by atoms with Crippen molar-refractivity contribution in [1.29, 1.82) is 0 Å². The summed E-state index contributed by atoms with van der Waals surface area (Å²) in [4.78, 5) is 51.1. The van der Waals surface area contributed by atoms with Gasteiger partial charge in [-0.1, -0.05) is 6.07 Å². The first-order valence-electron chi connectivity index (χ1n) is 9.87. The highest BCUT2D eigenvalue weighted by Gasteiger charge is 2.29. The number of hydrogen-bond donors (Lipinski definition) is 1. The Morgan fingerprint density at radius 3 is 2.38 bits per heavy atom. The van der Waals surface area contributed by atoms with Crippen molar-refractivity contribution in [2.75, 3.05) is 38.3 Å². The lowest BCUT2D eigenvalue weighted by Gasteiger charge is -2.34. The summed E-state index contributed by atoms with van der Waals surface area (Å²) in [5, 5.41) is 13.4. The molecule has 0 aromatic heterocycles. The number of anilines is 1. The van der Waals surface area contributed by atoms with Crippen LogP contribution in [0.15, 0.2) is 36.4 Å². The van der Waals surface area contributed by atoms with Gasteiger partial charge in [0.15, 0.2) is 11.5 Å². The molecule has 0 saturated carbocycles. The molecule has 11 nitrogen and oxygen atoms in total. The zero-order chi connectivity index (χ0) is 22.8. The number of benzene rings is 2. The standard InChI is InChI=1S/C21H20N4O7/c1-13-2-4-15(25(29)30)11-16(13)22-19(26)21(28)24-8-6-23(7-9-24)20(27)14-3-5-17-18(10-14)32-12-31-17/h2-5,10-11H,6-9,12H2,1H3,(H,22,26). The molecule has 0 spiro atoms. The van der Waals surface area contributed by atoms with Crippen LogP contribution in [0.2, 0.25) is 0 Å². The summed E-state index contributed by atoms with van der Waals surface area (Å²) in [6.45, 7) is 2.70. The molecule has 0 radical (unpaired) electrons. The number of nitrogens with one attached hydrogen (secondary N) is 1. The molecule has 2 heterocycles. The summed E-state index contributed by atoms with van der Waals surface area (Å²) in [6, 6.07) is 8.99. The molecule has 2 aromatic carbocycles. The van der Waals surface area contributed by atoms with Crippen LogP contribution in [-0.4, -0.2) is 65.4 Å². The topological polar surface area (TPSA) is 131 Å². The molecular formula is C21H20N4O7. The van der Waals surface area contributed by atoms with Gasteiger partial charge in [0.1, 0.15) is 0 Å². The van der Waals surface area contributed by atoms with Gasteiger partial charge in [-0.25, -0.2) is 0 Å². The van der Waals surface area contributed by atoms with E-state index in [1.807, 2.05) is 0 Å². The maximum atomic E-state index is 12.8. The number of nitro groups is 1. The molecule has 11 heteroatoms. The Bertz CT molecular complexity index is 1110. The average Bonchev–Trinajstić information content (AvgIpc) is 3.27. The molecule has 2 aliphatic heterocycles. The van der Waals surface area contributed by atoms with Crippen molar-refractivity contribution < 1.29 is 28.8 Å². The minimum Gasteiger partial charge on any atom is -0.454 e. The Hall–Kier alpha value is -4.15. The molecule has 0 bridgehead atoms. The Kier molecular flexibility index (Phi) is 5.63. The minimum atomic E-state index is -0.885. The molecule has 1 fully saturated rings. The fraction of sp³-hybridized carbons (Fsp3) is 0.286. The van der Waals surface area contributed by atoms with E-state index in [2.05, 4.69) is 5.32 Å². The highest BCUT2D eigenvalue weighted by molar-refractivity contribution is 6.39. The zero-order valence-corrected chi connectivity index (χ0v) is 17.2. The van der Waals surface area contributed by atoms with Crippen LogP contribution in [0.5, 0.6) is 11.5 Å². The lowest BCUT2D eigenvalue weighted by Crippen LogP contribution is -2.53. The van der Waals surface area contributed by atoms with Crippen LogP contribution >= 0.6 is 0 Å².